The summed E-state index contributed by atoms with van der Waals surface area (Å²) in [4.78, 5) is 14.2. The van der Waals surface area contributed by atoms with Crippen LogP contribution in [0.1, 0.15) is 13.3 Å². The zero-order chi connectivity index (χ0) is 12.3. The summed E-state index contributed by atoms with van der Waals surface area (Å²) in [6.45, 7) is 6.10. The van der Waals surface area contributed by atoms with E-state index < -0.39 is 0 Å². The van der Waals surface area contributed by atoms with E-state index in [9.17, 15) is 4.79 Å². The van der Waals surface area contributed by atoms with E-state index in [1.807, 2.05) is 11.8 Å². The number of nitrogens with two attached hydrogens (primary N) is 1. The van der Waals surface area contributed by atoms with Gasteiger partial charge in [-0.3, -0.25) is 4.79 Å². The Morgan fingerprint density at radius 2 is 2.18 bits per heavy atom. The van der Waals surface area contributed by atoms with E-state index in [4.69, 9.17) is 15.2 Å². The second-order valence-corrected chi connectivity index (χ2v) is 4.91. The molecule has 0 spiro atoms. The second-order valence-electron chi connectivity index (χ2n) is 4.91. The van der Waals surface area contributed by atoms with E-state index in [1.54, 1.807) is 0 Å². The minimum atomic E-state index is -0.155. The third-order valence-electron chi connectivity index (χ3n) is 3.64. The van der Waals surface area contributed by atoms with Crippen molar-refractivity contribution >= 4 is 5.91 Å². The summed E-state index contributed by atoms with van der Waals surface area (Å²) in [5.74, 6) is 0.471. The standard InChI is InChI=1S/C12H22N2O3/c1-2-14(5-9-3-4-16-6-9)12(15)10-7-17-8-11(10)13/h9-11H,2-8,13H2,1H3. The smallest absolute Gasteiger partial charge is 0.229 e. The van der Waals surface area contributed by atoms with Gasteiger partial charge < -0.3 is 20.1 Å². The van der Waals surface area contributed by atoms with E-state index in [2.05, 4.69) is 0 Å². The zero-order valence-corrected chi connectivity index (χ0v) is 10.4. The fourth-order valence-electron chi connectivity index (χ4n) is 2.47. The molecule has 0 saturated carbocycles. The highest BCUT2D eigenvalue weighted by Crippen LogP contribution is 2.18. The molecule has 0 bridgehead atoms. The molecule has 2 rings (SSSR count). The van der Waals surface area contributed by atoms with Crippen LogP contribution in [0, 0.1) is 11.8 Å². The highest BCUT2D eigenvalue weighted by atomic mass is 16.5. The lowest BCUT2D eigenvalue weighted by molar-refractivity contribution is -0.136. The first-order valence-electron chi connectivity index (χ1n) is 6.42. The first-order valence-corrected chi connectivity index (χ1v) is 6.42. The summed E-state index contributed by atoms with van der Waals surface area (Å²) >= 11 is 0. The largest absolute Gasteiger partial charge is 0.381 e. The molecule has 17 heavy (non-hydrogen) atoms. The monoisotopic (exact) mass is 242 g/mol. The third-order valence-corrected chi connectivity index (χ3v) is 3.64. The minimum Gasteiger partial charge on any atom is -0.381 e. The van der Waals surface area contributed by atoms with Crippen LogP contribution in [0.5, 0.6) is 0 Å². The van der Waals surface area contributed by atoms with Crippen molar-refractivity contribution in [2.45, 2.75) is 19.4 Å². The van der Waals surface area contributed by atoms with Crippen molar-refractivity contribution in [1.82, 2.24) is 4.90 Å². The van der Waals surface area contributed by atoms with Gasteiger partial charge in [0.1, 0.15) is 0 Å². The van der Waals surface area contributed by atoms with Gasteiger partial charge >= 0.3 is 0 Å². The van der Waals surface area contributed by atoms with E-state index in [0.29, 0.717) is 19.1 Å². The summed E-state index contributed by atoms with van der Waals surface area (Å²) in [5, 5.41) is 0. The molecular weight excluding hydrogens is 220 g/mol. The lowest BCUT2D eigenvalue weighted by Gasteiger charge is -2.27. The molecular formula is C12H22N2O3. The Balaban J connectivity index is 1.89. The van der Waals surface area contributed by atoms with Crippen LogP contribution in [0.25, 0.3) is 0 Å². The fourth-order valence-corrected chi connectivity index (χ4v) is 2.47. The minimum absolute atomic E-state index is 0.142. The molecule has 3 unspecified atom stereocenters. The van der Waals surface area contributed by atoms with Crippen molar-refractivity contribution in [2.75, 3.05) is 39.5 Å². The first kappa shape index (κ1) is 12.8. The van der Waals surface area contributed by atoms with Crippen LogP contribution in [0.3, 0.4) is 0 Å². The summed E-state index contributed by atoms with van der Waals surface area (Å²) in [6.07, 6.45) is 1.05. The van der Waals surface area contributed by atoms with Gasteiger partial charge in [-0.25, -0.2) is 0 Å². The molecule has 5 heteroatoms. The van der Waals surface area contributed by atoms with Crippen LogP contribution in [-0.2, 0) is 14.3 Å². The molecule has 1 amide bonds. The predicted molar refractivity (Wildman–Crippen MR) is 63.5 cm³/mol. The molecule has 2 aliphatic rings. The van der Waals surface area contributed by atoms with Gasteiger partial charge in [-0.2, -0.15) is 0 Å². The van der Waals surface area contributed by atoms with Crippen LogP contribution < -0.4 is 5.73 Å². The Morgan fingerprint density at radius 1 is 1.35 bits per heavy atom. The number of hydrogen-bond donors (Lipinski definition) is 1. The number of carbonyl (C=O) groups is 1. The fraction of sp³-hybridized carbons (Fsp3) is 0.917. The van der Waals surface area contributed by atoms with E-state index >= 15 is 0 Å². The van der Waals surface area contributed by atoms with Crippen LogP contribution >= 0.6 is 0 Å². The SMILES string of the molecule is CCN(CC1CCOC1)C(=O)C1COCC1N. The van der Waals surface area contributed by atoms with Gasteiger partial charge in [0.2, 0.25) is 5.91 Å². The zero-order valence-electron chi connectivity index (χ0n) is 10.4. The van der Waals surface area contributed by atoms with Gasteiger partial charge in [-0.05, 0) is 13.3 Å². The van der Waals surface area contributed by atoms with Gasteiger partial charge in [0.25, 0.3) is 0 Å². The molecule has 0 aromatic carbocycles. The Labute approximate surface area is 102 Å². The predicted octanol–water partition coefficient (Wildman–Crippen LogP) is -0.155. The molecule has 0 aromatic rings. The average Bonchev–Trinajstić information content (AvgIpc) is 2.96. The van der Waals surface area contributed by atoms with Crippen LogP contribution in [0.15, 0.2) is 0 Å². The molecule has 2 aliphatic heterocycles. The van der Waals surface area contributed by atoms with Crippen LogP contribution in [0.2, 0.25) is 0 Å². The summed E-state index contributed by atoms with van der Waals surface area (Å²) in [6, 6.07) is -0.142. The number of rotatable bonds is 4. The molecule has 0 aliphatic carbocycles. The second kappa shape index (κ2) is 5.80. The highest BCUT2D eigenvalue weighted by molar-refractivity contribution is 5.80. The number of ether oxygens (including phenoxy) is 2. The maximum absolute atomic E-state index is 12.3. The summed E-state index contributed by atoms with van der Waals surface area (Å²) in [5.41, 5.74) is 5.88. The van der Waals surface area contributed by atoms with Gasteiger partial charge in [0.05, 0.1) is 25.7 Å². The normalized spacial score (nSPS) is 32.9. The van der Waals surface area contributed by atoms with Gasteiger partial charge in [-0.1, -0.05) is 0 Å². The summed E-state index contributed by atoms with van der Waals surface area (Å²) in [7, 11) is 0. The Morgan fingerprint density at radius 3 is 2.71 bits per heavy atom. The molecule has 2 N–H and O–H groups in total. The molecule has 0 radical (unpaired) electrons. The van der Waals surface area contributed by atoms with Crippen LogP contribution in [0.4, 0.5) is 0 Å². The first-order chi connectivity index (χ1) is 8.22. The van der Waals surface area contributed by atoms with Crippen LogP contribution in [-0.4, -0.2) is 56.4 Å². The van der Waals surface area contributed by atoms with Crippen molar-refractivity contribution in [3.05, 3.63) is 0 Å². The van der Waals surface area contributed by atoms with Gasteiger partial charge in [0, 0.05) is 31.7 Å². The average molecular weight is 242 g/mol. The third kappa shape index (κ3) is 2.97. The molecule has 2 heterocycles. The maximum atomic E-state index is 12.3. The van der Waals surface area contributed by atoms with Gasteiger partial charge in [-0.15, -0.1) is 0 Å². The number of nitrogens with zero attached hydrogens (tertiary/aromatic N) is 1. The highest BCUT2D eigenvalue weighted by Gasteiger charge is 2.34. The van der Waals surface area contributed by atoms with Crippen molar-refractivity contribution in [3.63, 3.8) is 0 Å². The van der Waals surface area contributed by atoms with Crippen molar-refractivity contribution < 1.29 is 14.3 Å². The molecule has 2 saturated heterocycles. The quantitative estimate of drug-likeness (QED) is 0.744. The number of amides is 1. The molecule has 5 nitrogen and oxygen atoms in total. The van der Waals surface area contributed by atoms with Crippen molar-refractivity contribution in [2.24, 2.45) is 17.6 Å². The van der Waals surface area contributed by atoms with Crippen molar-refractivity contribution in [1.29, 1.82) is 0 Å². The number of hydrogen-bond acceptors (Lipinski definition) is 4. The molecule has 0 aromatic heterocycles. The Kier molecular flexibility index (Phi) is 4.36. The van der Waals surface area contributed by atoms with Gasteiger partial charge in [0.15, 0.2) is 0 Å². The topological polar surface area (TPSA) is 64.8 Å². The summed E-state index contributed by atoms with van der Waals surface area (Å²) < 4.78 is 10.6. The molecule has 2 fully saturated rings. The van der Waals surface area contributed by atoms with E-state index in [1.165, 1.54) is 0 Å². The Hall–Kier alpha value is -0.650. The van der Waals surface area contributed by atoms with Crippen molar-refractivity contribution in [3.8, 4) is 0 Å². The number of carbonyl (C=O) groups excluding carboxylic acids is 1. The Bertz CT molecular complexity index is 266. The maximum Gasteiger partial charge on any atom is 0.229 e. The van der Waals surface area contributed by atoms with E-state index in [-0.39, 0.29) is 17.9 Å². The molecule has 98 valence electrons. The lowest BCUT2D eigenvalue weighted by Crippen LogP contribution is -2.45. The lowest BCUT2D eigenvalue weighted by atomic mass is 10.0. The molecule has 3 atom stereocenters. The van der Waals surface area contributed by atoms with E-state index in [0.717, 1.165) is 32.7 Å².